The van der Waals surface area contributed by atoms with Crippen LogP contribution in [0.3, 0.4) is 0 Å². The molecule has 4 saturated carbocycles. The van der Waals surface area contributed by atoms with E-state index in [2.05, 4.69) is 20.8 Å². The minimum Gasteiger partial charge on any atom is -0.467 e. The monoisotopic (exact) mass is 422 g/mol. The number of fused-ring (bicyclic) bond motifs is 5. The summed E-state index contributed by atoms with van der Waals surface area (Å²) in [6, 6.07) is 0. The molecule has 0 radical (unpaired) electrons. The van der Waals surface area contributed by atoms with Crippen LogP contribution in [0.25, 0.3) is 0 Å². The molecule has 0 unspecified atom stereocenters. The summed E-state index contributed by atoms with van der Waals surface area (Å²) < 4.78 is 4.72. The van der Waals surface area contributed by atoms with E-state index in [0.717, 1.165) is 44.9 Å². The highest BCUT2D eigenvalue weighted by atomic mass is 16.5. The average Bonchev–Trinajstić information content (AvgIpc) is 3.05. The standard InChI is InChI=1S/C25H42O5/c1-14(11-21(28)23(29)30-4)17-5-6-18-22-19(8-10-25(17,18)3)24(2)9-7-16(26)12-15(24)13-20(22)27/h14-22,26-28H,5-13H2,1-4H3/t14-,15+,16-,17-,18+,19+,20-,21-,22+,24+,25-/m1/s1. The summed E-state index contributed by atoms with van der Waals surface area (Å²) >= 11 is 0. The van der Waals surface area contributed by atoms with Gasteiger partial charge in [-0.05, 0) is 104 Å². The van der Waals surface area contributed by atoms with Crippen LogP contribution in [-0.2, 0) is 9.53 Å². The molecule has 0 aromatic carbocycles. The zero-order valence-electron chi connectivity index (χ0n) is 19.2. The lowest BCUT2D eigenvalue weighted by Crippen LogP contribution is -2.58. The summed E-state index contributed by atoms with van der Waals surface area (Å²) in [6.07, 6.45) is 7.20. The molecule has 0 saturated heterocycles. The molecule has 30 heavy (non-hydrogen) atoms. The Bertz CT molecular complexity index is 651. The molecule has 4 fully saturated rings. The number of aliphatic hydroxyl groups excluding tert-OH is 3. The van der Waals surface area contributed by atoms with Crippen molar-refractivity contribution in [2.24, 2.45) is 46.3 Å². The van der Waals surface area contributed by atoms with E-state index < -0.39 is 12.1 Å². The summed E-state index contributed by atoms with van der Waals surface area (Å²) in [4.78, 5) is 11.7. The first-order chi connectivity index (χ1) is 14.1. The van der Waals surface area contributed by atoms with Crippen molar-refractivity contribution < 1.29 is 24.9 Å². The van der Waals surface area contributed by atoms with Crippen LogP contribution < -0.4 is 0 Å². The molecular formula is C25H42O5. The molecule has 0 bridgehead atoms. The minimum absolute atomic E-state index is 0.161. The van der Waals surface area contributed by atoms with Crippen molar-refractivity contribution in [3.05, 3.63) is 0 Å². The lowest BCUT2D eigenvalue weighted by Gasteiger charge is -2.62. The molecule has 0 aromatic heterocycles. The number of esters is 1. The zero-order valence-corrected chi connectivity index (χ0v) is 19.2. The number of carbonyl (C=O) groups is 1. The molecule has 4 rings (SSSR count). The van der Waals surface area contributed by atoms with Crippen LogP contribution in [0.5, 0.6) is 0 Å². The Morgan fingerprint density at radius 1 is 1.03 bits per heavy atom. The number of aliphatic hydroxyl groups is 3. The molecule has 4 aliphatic carbocycles. The van der Waals surface area contributed by atoms with E-state index in [4.69, 9.17) is 4.74 Å². The second-order valence-corrected chi connectivity index (χ2v) is 11.7. The average molecular weight is 423 g/mol. The molecule has 3 N–H and O–H groups in total. The van der Waals surface area contributed by atoms with Crippen molar-refractivity contribution in [2.45, 2.75) is 96.9 Å². The molecule has 11 atom stereocenters. The van der Waals surface area contributed by atoms with Crippen LogP contribution in [0.4, 0.5) is 0 Å². The van der Waals surface area contributed by atoms with Gasteiger partial charge in [0.2, 0.25) is 0 Å². The second kappa shape index (κ2) is 8.04. The van der Waals surface area contributed by atoms with Gasteiger partial charge in [-0.2, -0.15) is 0 Å². The van der Waals surface area contributed by atoms with Crippen molar-refractivity contribution in [2.75, 3.05) is 7.11 Å². The highest BCUT2D eigenvalue weighted by Crippen LogP contribution is 2.68. The Kier molecular flexibility index (Phi) is 6.04. The summed E-state index contributed by atoms with van der Waals surface area (Å²) in [6.45, 7) is 7.03. The molecular weight excluding hydrogens is 380 g/mol. The Labute approximate surface area is 181 Å². The first-order valence-corrected chi connectivity index (χ1v) is 12.2. The number of hydrogen-bond acceptors (Lipinski definition) is 5. The largest absolute Gasteiger partial charge is 0.467 e. The quantitative estimate of drug-likeness (QED) is 0.603. The first-order valence-electron chi connectivity index (χ1n) is 12.2. The van der Waals surface area contributed by atoms with E-state index in [1.54, 1.807) is 0 Å². The van der Waals surface area contributed by atoms with Gasteiger partial charge in [0.15, 0.2) is 6.10 Å². The third-order valence-corrected chi connectivity index (χ3v) is 10.5. The van der Waals surface area contributed by atoms with Crippen LogP contribution in [0.15, 0.2) is 0 Å². The third-order valence-electron chi connectivity index (χ3n) is 10.5. The zero-order chi connectivity index (χ0) is 21.8. The van der Waals surface area contributed by atoms with E-state index in [9.17, 15) is 20.1 Å². The summed E-state index contributed by atoms with van der Waals surface area (Å²) in [5, 5.41) is 31.7. The highest BCUT2D eigenvalue weighted by molar-refractivity contribution is 5.74. The molecule has 0 spiro atoms. The molecule has 0 aromatic rings. The summed E-state index contributed by atoms with van der Waals surface area (Å²) in [5.74, 6) is 2.03. The fraction of sp³-hybridized carbons (Fsp3) is 0.960. The van der Waals surface area contributed by atoms with Crippen molar-refractivity contribution in [1.82, 2.24) is 0 Å². The van der Waals surface area contributed by atoms with Gasteiger partial charge in [-0.15, -0.1) is 0 Å². The van der Waals surface area contributed by atoms with E-state index in [1.807, 2.05) is 0 Å². The summed E-state index contributed by atoms with van der Waals surface area (Å²) in [5.41, 5.74) is 0.407. The van der Waals surface area contributed by atoms with Gasteiger partial charge in [-0.25, -0.2) is 4.79 Å². The Hall–Kier alpha value is -0.650. The molecule has 5 heteroatoms. The van der Waals surface area contributed by atoms with Crippen LogP contribution in [0.1, 0.15) is 78.6 Å². The predicted molar refractivity (Wildman–Crippen MR) is 114 cm³/mol. The molecule has 172 valence electrons. The predicted octanol–water partition coefficient (Wildman–Crippen LogP) is 3.54. The maximum atomic E-state index is 11.7. The van der Waals surface area contributed by atoms with Crippen LogP contribution >= 0.6 is 0 Å². The fourth-order valence-electron chi connectivity index (χ4n) is 8.92. The Balaban J connectivity index is 1.53. The third kappa shape index (κ3) is 3.44. The normalized spacial score (nSPS) is 50.0. The minimum atomic E-state index is -1.04. The van der Waals surface area contributed by atoms with Crippen molar-refractivity contribution in [1.29, 1.82) is 0 Å². The molecule has 0 heterocycles. The van der Waals surface area contributed by atoms with Gasteiger partial charge < -0.3 is 20.1 Å². The Morgan fingerprint density at radius 2 is 1.70 bits per heavy atom. The maximum Gasteiger partial charge on any atom is 0.334 e. The lowest BCUT2D eigenvalue weighted by molar-refractivity contribution is -0.174. The van der Waals surface area contributed by atoms with Gasteiger partial charge in [-0.3, -0.25) is 0 Å². The number of carbonyl (C=O) groups excluding carboxylic acids is 1. The number of methoxy groups -OCH3 is 1. The molecule has 0 amide bonds. The number of hydrogen-bond donors (Lipinski definition) is 3. The van der Waals surface area contributed by atoms with Gasteiger partial charge in [-0.1, -0.05) is 20.8 Å². The van der Waals surface area contributed by atoms with Crippen molar-refractivity contribution in [3.8, 4) is 0 Å². The fourth-order valence-corrected chi connectivity index (χ4v) is 8.92. The van der Waals surface area contributed by atoms with E-state index in [0.29, 0.717) is 36.0 Å². The van der Waals surface area contributed by atoms with Crippen molar-refractivity contribution >= 4 is 5.97 Å². The van der Waals surface area contributed by atoms with E-state index in [1.165, 1.54) is 13.5 Å². The van der Waals surface area contributed by atoms with Gasteiger partial charge >= 0.3 is 5.97 Å². The molecule has 4 aliphatic rings. The highest BCUT2D eigenvalue weighted by Gasteiger charge is 2.62. The smallest absolute Gasteiger partial charge is 0.334 e. The van der Waals surface area contributed by atoms with E-state index >= 15 is 0 Å². The van der Waals surface area contributed by atoms with Gasteiger partial charge in [0.05, 0.1) is 19.3 Å². The number of rotatable bonds is 4. The molecule has 5 nitrogen and oxygen atoms in total. The summed E-state index contributed by atoms with van der Waals surface area (Å²) in [7, 11) is 1.33. The van der Waals surface area contributed by atoms with Gasteiger partial charge in [0, 0.05) is 0 Å². The van der Waals surface area contributed by atoms with Gasteiger partial charge in [0.25, 0.3) is 0 Å². The van der Waals surface area contributed by atoms with Crippen LogP contribution in [-0.4, -0.2) is 46.7 Å². The van der Waals surface area contributed by atoms with Crippen LogP contribution in [0.2, 0.25) is 0 Å². The first kappa shape index (κ1) is 22.5. The van der Waals surface area contributed by atoms with E-state index in [-0.39, 0.29) is 29.0 Å². The molecule has 0 aliphatic heterocycles. The number of ether oxygens (including phenoxy) is 1. The lowest BCUT2D eigenvalue weighted by atomic mass is 9.43. The second-order valence-electron chi connectivity index (χ2n) is 11.7. The SMILES string of the molecule is COC(=O)[C@H](O)C[C@@H](C)[C@H]1CC[C@H]2[C@@H]3[C@H](O)C[C@@H]4C[C@H](O)CC[C@]4(C)[C@H]3CC[C@]12C. The van der Waals surface area contributed by atoms with Crippen LogP contribution in [0, 0.1) is 46.3 Å². The maximum absolute atomic E-state index is 11.7. The topological polar surface area (TPSA) is 87.0 Å². The Morgan fingerprint density at radius 3 is 2.40 bits per heavy atom. The van der Waals surface area contributed by atoms with Crippen molar-refractivity contribution in [3.63, 3.8) is 0 Å². The van der Waals surface area contributed by atoms with Gasteiger partial charge in [0.1, 0.15) is 0 Å².